The molecule has 0 aromatic heterocycles. The number of piperidine rings is 1. The summed E-state index contributed by atoms with van der Waals surface area (Å²) in [5, 5.41) is 0. The number of methoxy groups -OCH3 is 1. The molecular formula is C18H30N2O3S. The van der Waals surface area contributed by atoms with Gasteiger partial charge in [-0.15, -0.1) is 0 Å². The lowest BCUT2D eigenvalue weighted by molar-refractivity contribution is 0.182. The Hall–Kier alpha value is -1.11. The van der Waals surface area contributed by atoms with Gasteiger partial charge in [0.25, 0.3) is 0 Å². The normalized spacial score (nSPS) is 19.4. The predicted molar refractivity (Wildman–Crippen MR) is 97.1 cm³/mol. The number of hydrogen-bond acceptors (Lipinski definition) is 4. The first kappa shape index (κ1) is 19.2. The van der Waals surface area contributed by atoms with Crippen LogP contribution in [-0.2, 0) is 10.0 Å². The fourth-order valence-electron chi connectivity index (χ4n) is 3.36. The Morgan fingerprint density at radius 2 is 2.04 bits per heavy atom. The zero-order chi connectivity index (χ0) is 17.7. The molecule has 24 heavy (non-hydrogen) atoms. The van der Waals surface area contributed by atoms with Crippen molar-refractivity contribution in [3.8, 4) is 5.75 Å². The number of rotatable bonds is 7. The van der Waals surface area contributed by atoms with E-state index in [-0.39, 0.29) is 0 Å². The topological polar surface area (TPSA) is 58.6 Å². The molecule has 1 saturated heterocycles. The molecule has 0 aliphatic carbocycles. The minimum Gasteiger partial charge on any atom is -0.496 e. The molecule has 0 unspecified atom stereocenters. The monoisotopic (exact) mass is 354 g/mol. The third-order valence-electron chi connectivity index (χ3n) is 4.88. The van der Waals surface area contributed by atoms with E-state index in [0.29, 0.717) is 17.2 Å². The number of ether oxygens (including phenoxy) is 1. The highest BCUT2D eigenvalue weighted by Crippen LogP contribution is 2.26. The van der Waals surface area contributed by atoms with Gasteiger partial charge in [-0.1, -0.05) is 6.92 Å². The zero-order valence-corrected chi connectivity index (χ0v) is 16.1. The lowest BCUT2D eigenvalue weighted by atomic mass is 10.0. The second kappa shape index (κ2) is 8.32. The van der Waals surface area contributed by atoms with Gasteiger partial charge in [-0.2, -0.15) is 0 Å². The van der Waals surface area contributed by atoms with Crippen LogP contribution in [-0.4, -0.2) is 46.6 Å². The van der Waals surface area contributed by atoms with Crippen molar-refractivity contribution in [2.45, 2.75) is 44.9 Å². The molecule has 0 amide bonds. The average molecular weight is 355 g/mol. The molecule has 1 fully saturated rings. The zero-order valence-electron chi connectivity index (χ0n) is 15.3. The van der Waals surface area contributed by atoms with Gasteiger partial charge in [-0.05, 0) is 75.4 Å². The van der Waals surface area contributed by atoms with Crippen LogP contribution in [0.3, 0.4) is 0 Å². The molecular weight excluding hydrogens is 324 g/mol. The van der Waals surface area contributed by atoms with Crippen LogP contribution in [0.15, 0.2) is 17.0 Å². The SMILES string of the molecule is COc1ccc(S(=O)(=O)NCCCN2CCC[C@@H](C)C2)c(C)c1C. The first-order chi connectivity index (χ1) is 11.3. The highest BCUT2D eigenvalue weighted by atomic mass is 32.2. The number of nitrogens with one attached hydrogen (secondary N) is 1. The highest BCUT2D eigenvalue weighted by Gasteiger charge is 2.20. The van der Waals surface area contributed by atoms with Crippen molar-refractivity contribution in [3.05, 3.63) is 23.3 Å². The maximum Gasteiger partial charge on any atom is 0.240 e. The van der Waals surface area contributed by atoms with Gasteiger partial charge >= 0.3 is 0 Å². The Labute approximate surface area is 146 Å². The van der Waals surface area contributed by atoms with Gasteiger partial charge in [0.15, 0.2) is 0 Å². The smallest absolute Gasteiger partial charge is 0.240 e. The standard InChI is InChI=1S/C18H30N2O3S/c1-14-7-5-11-20(13-14)12-6-10-19-24(21,22)18-9-8-17(23-4)15(2)16(18)3/h8-9,14,19H,5-7,10-13H2,1-4H3/t14-/m1/s1. The molecule has 1 aliphatic heterocycles. The number of hydrogen-bond donors (Lipinski definition) is 1. The van der Waals surface area contributed by atoms with Crippen molar-refractivity contribution >= 4 is 10.0 Å². The first-order valence-corrected chi connectivity index (χ1v) is 10.2. The molecule has 1 heterocycles. The first-order valence-electron chi connectivity index (χ1n) is 8.71. The van der Waals surface area contributed by atoms with Crippen molar-refractivity contribution in [2.24, 2.45) is 5.92 Å². The lowest BCUT2D eigenvalue weighted by Crippen LogP contribution is -2.36. The van der Waals surface area contributed by atoms with E-state index in [4.69, 9.17) is 4.74 Å². The van der Waals surface area contributed by atoms with E-state index < -0.39 is 10.0 Å². The molecule has 1 aromatic rings. The third kappa shape index (κ3) is 4.71. The fraction of sp³-hybridized carbons (Fsp3) is 0.667. The van der Waals surface area contributed by atoms with Gasteiger partial charge < -0.3 is 9.64 Å². The maximum atomic E-state index is 12.5. The molecule has 0 radical (unpaired) electrons. The van der Waals surface area contributed by atoms with Crippen LogP contribution in [0.2, 0.25) is 0 Å². The van der Waals surface area contributed by atoms with E-state index in [9.17, 15) is 8.42 Å². The molecule has 0 spiro atoms. The van der Waals surface area contributed by atoms with E-state index >= 15 is 0 Å². The van der Waals surface area contributed by atoms with Crippen molar-refractivity contribution in [1.29, 1.82) is 0 Å². The van der Waals surface area contributed by atoms with E-state index in [1.54, 1.807) is 19.2 Å². The summed E-state index contributed by atoms with van der Waals surface area (Å²) in [6, 6.07) is 3.34. The minimum absolute atomic E-state index is 0.340. The fourth-order valence-corrected chi connectivity index (χ4v) is 4.73. The van der Waals surface area contributed by atoms with Crippen molar-refractivity contribution in [1.82, 2.24) is 9.62 Å². The van der Waals surface area contributed by atoms with E-state index in [1.807, 2.05) is 13.8 Å². The minimum atomic E-state index is -3.48. The quantitative estimate of drug-likeness (QED) is 0.765. The summed E-state index contributed by atoms with van der Waals surface area (Å²) >= 11 is 0. The summed E-state index contributed by atoms with van der Waals surface area (Å²) in [4.78, 5) is 2.78. The van der Waals surface area contributed by atoms with Gasteiger partial charge in [0.2, 0.25) is 10.0 Å². The molecule has 136 valence electrons. The second-order valence-electron chi connectivity index (χ2n) is 6.82. The summed E-state index contributed by atoms with van der Waals surface area (Å²) in [6.07, 6.45) is 3.39. The summed E-state index contributed by atoms with van der Waals surface area (Å²) in [5.41, 5.74) is 1.61. The molecule has 1 aromatic carbocycles. The Morgan fingerprint density at radius 3 is 2.71 bits per heavy atom. The Kier molecular flexibility index (Phi) is 6.66. The van der Waals surface area contributed by atoms with Gasteiger partial charge in [0, 0.05) is 13.1 Å². The summed E-state index contributed by atoms with van der Waals surface area (Å²) < 4.78 is 33.1. The third-order valence-corrected chi connectivity index (χ3v) is 6.49. The molecule has 1 N–H and O–H groups in total. The van der Waals surface area contributed by atoms with Crippen LogP contribution in [0.1, 0.15) is 37.3 Å². The largest absolute Gasteiger partial charge is 0.496 e. The number of benzene rings is 1. The van der Waals surface area contributed by atoms with Gasteiger partial charge in [-0.25, -0.2) is 13.1 Å². The average Bonchev–Trinajstić information content (AvgIpc) is 2.54. The van der Waals surface area contributed by atoms with E-state index in [0.717, 1.165) is 43.1 Å². The van der Waals surface area contributed by atoms with Crippen LogP contribution in [0, 0.1) is 19.8 Å². The van der Waals surface area contributed by atoms with E-state index in [1.165, 1.54) is 12.8 Å². The van der Waals surface area contributed by atoms with E-state index in [2.05, 4.69) is 16.5 Å². The maximum absolute atomic E-state index is 12.5. The van der Waals surface area contributed by atoms with Gasteiger partial charge in [-0.3, -0.25) is 0 Å². The van der Waals surface area contributed by atoms with Crippen LogP contribution < -0.4 is 9.46 Å². The lowest BCUT2D eigenvalue weighted by Gasteiger charge is -2.30. The summed E-state index contributed by atoms with van der Waals surface area (Å²) in [5.74, 6) is 1.46. The number of likely N-dealkylation sites (tertiary alicyclic amines) is 1. The highest BCUT2D eigenvalue weighted by molar-refractivity contribution is 7.89. The van der Waals surface area contributed by atoms with Crippen LogP contribution in [0.25, 0.3) is 0 Å². The molecule has 6 heteroatoms. The Bertz CT molecular complexity index is 658. The van der Waals surface area contributed by atoms with Crippen molar-refractivity contribution in [3.63, 3.8) is 0 Å². The van der Waals surface area contributed by atoms with Crippen molar-refractivity contribution in [2.75, 3.05) is 33.3 Å². The molecule has 2 rings (SSSR count). The molecule has 5 nitrogen and oxygen atoms in total. The summed E-state index contributed by atoms with van der Waals surface area (Å²) in [6.45, 7) is 9.67. The van der Waals surface area contributed by atoms with Crippen LogP contribution in [0.5, 0.6) is 5.75 Å². The molecule has 0 saturated carbocycles. The predicted octanol–water partition coefficient (Wildman–Crippen LogP) is 2.71. The number of nitrogens with zero attached hydrogens (tertiary/aromatic N) is 1. The summed E-state index contributed by atoms with van der Waals surface area (Å²) in [7, 11) is -1.88. The molecule has 0 bridgehead atoms. The molecule has 1 aliphatic rings. The van der Waals surface area contributed by atoms with Crippen molar-refractivity contribution < 1.29 is 13.2 Å². The van der Waals surface area contributed by atoms with Crippen LogP contribution in [0.4, 0.5) is 0 Å². The van der Waals surface area contributed by atoms with Crippen LogP contribution >= 0.6 is 0 Å². The second-order valence-corrected chi connectivity index (χ2v) is 8.55. The Balaban J connectivity index is 1.91. The van der Waals surface area contributed by atoms with Gasteiger partial charge in [0.1, 0.15) is 5.75 Å². The molecule has 1 atom stereocenters. The Morgan fingerprint density at radius 1 is 1.29 bits per heavy atom. The van der Waals surface area contributed by atoms with Gasteiger partial charge in [0.05, 0.1) is 12.0 Å². The number of sulfonamides is 1.